The second-order valence-corrected chi connectivity index (χ2v) is 8.73. The summed E-state index contributed by atoms with van der Waals surface area (Å²) in [6, 6.07) is 9.82. The first-order chi connectivity index (χ1) is 14.9. The maximum atomic E-state index is 14.2. The number of halogens is 5. The van der Waals surface area contributed by atoms with Crippen molar-refractivity contribution in [3.05, 3.63) is 88.3 Å². The van der Waals surface area contributed by atoms with Crippen LogP contribution in [-0.2, 0) is 22.7 Å². The maximum absolute atomic E-state index is 14.2. The molecule has 0 aliphatic carbocycles. The van der Waals surface area contributed by atoms with E-state index in [0.29, 0.717) is 16.6 Å². The van der Waals surface area contributed by atoms with E-state index in [-0.39, 0.29) is 11.1 Å². The summed E-state index contributed by atoms with van der Waals surface area (Å²) < 4.78 is 80.3. The van der Waals surface area contributed by atoms with Gasteiger partial charge in [0, 0.05) is 11.8 Å². The maximum Gasteiger partial charge on any atom is 0.417 e. The van der Waals surface area contributed by atoms with Gasteiger partial charge >= 0.3 is 12.1 Å². The number of rotatable bonds is 6. The lowest BCUT2D eigenvalue weighted by molar-refractivity contribution is -0.137. The van der Waals surface area contributed by atoms with Gasteiger partial charge in [-0.25, -0.2) is 26.9 Å². The van der Waals surface area contributed by atoms with Crippen molar-refractivity contribution in [2.24, 2.45) is 0 Å². The normalized spacial score (nSPS) is 11.9. The molecule has 6 nitrogen and oxygen atoms in total. The van der Waals surface area contributed by atoms with Crippen molar-refractivity contribution in [1.82, 2.24) is 4.98 Å². The summed E-state index contributed by atoms with van der Waals surface area (Å²) in [6.07, 6.45) is -4.35. The highest BCUT2D eigenvalue weighted by Crippen LogP contribution is 2.36. The van der Waals surface area contributed by atoms with Crippen LogP contribution in [0.15, 0.2) is 65.7 Å². The lowest BCUT2D eigenvalue weighted by atomic mass is 10.2. The van der Waals surface area contributed by atoms with Crippen molar-refractivity contribution >= 4 is 33.4 Å². The molecular formula is C20H13ClF4N2O4S. The molecule has 2 aromatic carbocycles. The fourth-order valence-electron chi connectivity index (χ4n) is 2.72. The standard InChI is InChI=1S/C20H13ClF4N2O4S/c21-16-9-14(20(23,24)25)10-26-18(16)27(11-13-3-1-2-4-17(13)22)32(30,31)15-7-5-12(6-8-15)19(28)29/h1-10H,11H2,(H,28,29). The van der Waals surface area contributed by atoms with Gasteiger partial charge in [0.25, 0.3) is 10.0 Å². The third-order valence-electron chi connectivity index (χ3n) is 4.35. The Hall–Kier alpha value is -3.18. The van der Waals surface area contributed by atoms with Gasteiger partial charge in [0.2, 0.25) is 0 Å². The zero-order valence-corrected chi connectivity index (χ0v) is 17.4. The van der Waals surface area contributed by atoms with Crippen LogP contribution in [0.4, 0.5) is 23.4 Å². The summed E-state index contributed by atoms with van der Waals surface area (Å²) in [4.78, 5) is 14.2. The number of aromatic carboxylic acids is 1. The van der Waals surface area contributed by atoms with E-state index in [9.17, 15) is 30.8 Å². The molecule has 0 aliphatic rings. The molecule has 0 spiro atoms. The second-order valence-electron chi connectivity index (χ2n) is 6.46. The fourth-order valence-corrected chi connectivity index (χ4v) is 4.46. The average molecular weight is 489 g/mol. The quantitative estimate of drug-likeness (QED) is 0.494. The number of carboxylic acids is 1. The zero-order valence-electron chi connectivity index (χ0n) is 15.8. The molecule has 12 heteroatoms. The monoisotopic (exact) mass is 488 g/mol. The number of pyridine rings is 1. The Balaban J connectivity index is 2.14. The summed E-state index contributed by atoms with van der Waals surface area (Å²) in [5.74, 6) is -2.59. The molecule has 1 heterocycles. The average Bonchev–Trinajstić information content (AvgIpc) is 2.72. The molecule has 32 heavy (non-hydrogen) atoms. The molecular weight excluding hydrogens is 476 g/mol. The van der Waals surface area contributed by atoms with Crippen LogP contribution < -0.4 is 4.31 Å². The van der Waals surface area contributed by atoms with Crippen LogP contribution in [-0.4, -0.2) is 24.5 Å². The summed E-state index contributed by atoms with van der Waals surface area (Å²) in [5, 5.41) is 8.38. The summed E-state index contributed by atoms with van der Waals surface area (Å²) in [7, 11) is -4.54. The van der Waals surface area contributed by atoms with Crippen molar-refractivity contribution < 1.29 is 35.9 Å². The molecule has 0 radical (unpaired) electrons. The third kappa shape index (κ3) is 4.83. The van der Waals surface area contributed by atoms with Crippen LogP contribution in [0.25, 0.3) is 0 Å². The van der Waals surface area contributed by atoms with Crippen LogP contribution in [0.5, 0.6) is 0 Å². The highest BCUT2D eigenvalue weighted by atomic mass is 35.5. The molecule has 1 N–H and O–H groups in total. The van der Waals surface area contributed by atoms with E-state index in [1.165, 1.54) is 18.2 Å². The molecule has 0 saturated heterocycles. The zero-order chi connectivity index (χ0) is 23.7. The Kier molecular flexibility index (Phi) is 6.42. The van der Waals surface area contributed by atoms with Crippen LogP contribution in [0.1, 0.15) is 21.5 Å². The number of hydrogen-bond acceptors (Lipinski definition) is 4. The van der Waals surface area contributed by atoms with E-state index < -0.39 is 55.8 Å². The molecule has 0 saturated carbocycles. The van der Waals surface area contributed by atoms with E-state index >= 15 is 0 Å². The van der Waals surface area contributed by atoms with Crippen molar-refractivity contribution in [2.75, 3.05) is 4.31 Å². The number of alkyl halides is 3. The van der Waals surface area contributed by atoms with E-state index in [4.69, 9.17) is 16.7 Å². The number of carbonyl (C=O) groups is 1. The largest absolute Gasteiger partial charge is 0.478 e. The molecule has 168 valence electrons. The number of carboxylic acid groups (broad SMARTS) is 1. The minimum atomic E-state index is -4.77. The smallest absolute Gasteiger partial charge is 0.417 e. The topological polar surface area (TPSA) is 87.6 Å². The van der Waals surface area contributed by atoms with Gasteiger partial charge in [-0.2, -0.15) is 13.2 Å². The van der Waals surface area contributed by atoms with E-state index in [1.807, 2.05) is 0 Å². The minimum Gasteiger partial charge on any atom is -0.478 e. The van der Waals surface area contributed by atoms with Crippen molar-refractivity contribution in [2.45, 2.75) is 17.6 Å². The van der Waals surface area contributed by atoms with E-state index in [1.54, 1.807) is 0 Å². The Labute approximate surface area is 184 Å². The number of nitrogens with zero attached hydrogens (tertiary/aromatic N) is 2. The number of anilines is 1. The highest BCUT2D eigenvalue weighted by Gasteiger charge is 2.34. The fraction of sp³-hybridized carbons (Fsp3) is 0.100. The van der Waals surface area contributed by atoms with Gasteiger partial charge in [-0.3, -0.25) is 0 Å². The van der Waals surface area contributed by atoms with E-state index in [0.717, 1.165) is 30.3 Å². The predicted octanol–water partition coefficient (Wildman–Crippen LogP) is 4.99. The first kappa shape index (κ1) is 23.5. The van der Waals surface area contributed by atoms with Gasteiger partial charge in [0.05, 0.1) is 27.6 Å². The molecule has 3 rings (SSSR count). The Morgan fingerprint density at radius 1 is 1.09 bits per heavy atom. The van der Waals surface area contributed by atoms with Gasteiger partial charge in [-0.15, -0.1) is 0 Å². The Bertz CT molecular complexity index is 1270. The first-order valence-corrected chi connectivity index (χ1v) is 10.6. The molecule has 0 aliphatic heterocycles. The lowest BCUT2D eigenvalue weighted by Crippen LogP contribution is -2.32. The van der Waals surface area contributed by atoms with Crippen LogP contribution in [0.2, 0.25) is 5.02 Å². The van der Waals surface area contributed by atoms with Gasteiger partial charge in [-0.1, -0.05) is 29.8 Å². The summed E-state index contributed by atoms with van der Waals surface area (Å²) >= 11 is 5.96. The Morgan fingerprint density at radius 2 is 1.72 bits per heavy atom. The first-order valence-electron chi connectivity index (χ1n) is 8.73. The molecule has 3 aromatic rings. The van der Waals surface area contributed by atoms with Crippen LogP contribution in [0.3, 0.4) is 0 Å². The van der Waals surface area contributed by atoms with Gasteiger partial charge in [0.15, 0.2) is 5.82 Å². The number of hydrogen-bond donors (Lipinski definition) is 1. The molecule has 0 fully saturated rings. The van der Waals surface area contributed by atoms with Crippen molar-refractivity contribution in [3.8, 4) is 0 Å². The lowest BCUT2D eigenvalue weighted by Gasteiger charge is -2.25. The summed E-state index contributed by atoms with van der Waals surface area (Å²) in [6.45, 7) is -0.631. The minimum absolute atomic E-state index is 0.0870. The number of sulfonamides is 1. The van der Waals surface area contributed by atoms with Gasteiger partial charge in [0.1, 0.15) is 5.82 Å². The summed E-state index contributed by atoms with van der Waals surface area (Å²) in [5.41, 5.74) is -1.47. The van der Waals surface area contributed by atoms with Crippen LogP contribution >= 0.6 is 11.6 Å². The second kappa shape index (κ2) is 8.75. The molecule has 0 unspecified atom stereocenters. The number of benzene rings is 2. The van der Waals surface area contributed by atoms with E-state index in [2.05, 4.69) is 4.98 Å². The molecule has 0 amide bonds. The van der Waals surface area contributed by atoms with Gasteiger partial charge in [-0.05, 0) is 36.4 Å². The number of aromatic nitrogens is 1. The Morgan fingerprint density at radius 3 is 2.25 bits per heavy atom. The highest BCUT2D eigenvalue weighted by molar-refractivity contribution is 7.92. The molecule has 0 bridgehead atoms. The third-order valence-corrected chi connectivity index (χ3v) is 6.37. The predicted molar refractivity (Wildman–Crippen MR) is 107 cm³/mol. The van der Waals surface area contributed by atoms with Crippen LogP contribution in [0, 0.1) is 5.82 Å². The molecule has 1 aromatic heterocycles. The van der Waals surface area contributed by atoms with Gasteiger partial charge < -0.3 is 5.11 Å². The van der Waals surface area contributed by atoms with Crippen molar-refractivity contribution in [1.29, 1.82) is 0 Å². The van der Waals surface area contributed by atoms with Crippen molar-refractivity contribution in [3.63, 3.8) is 0 Å². The molecule has 0 atom stereocenters. The SMILES string of the molecule is O=C(O)c1ccc(S(=O)(=O)N(Cc2ccccc2F)c2ncc(C(F)(F)F)cc2Cl)cc1.